The number of aromatic nitrogens is 3. The molecule has 0 aliphatic heterocycles. The van der Waals surface area contributed by atoms with Gasteiger partial charge in [-0.25, -0.2) is 13.8 Å². The lowest BCUT2D eigenvalue weighted by atomic mass is 10.0. The van der Waals surface area contributed by atoms with Crippen molar-refractivity contribution in [1.82, 2.24) is 15.2 Å². The van der Waals surface area contributed by atoms with E-state index in [4.69, 9.17) is 0 Å². The van der Waals surface area contributed by atoms with Crippen LogP contribution >= 0.6 is 11.8 Å². The van der Waals surface area contributed by atoms with E-state index in [1.165, 1.54) is 43.5 Å². The average molecular weight is 366 g/mol. The lowest BCUT2D eigenvalue weighted by Gasteiger charge is -2.05. The van der Waals surface area contributed by atoms with Gasteiger partial charge in [-0.3, -0.25) is 9.89 Å². The van der Waals surface area contributed by atoms with Gasteiger partial charge >= 0.3 is 0 Å². The first-order valence-corrected chi connectivity index (χ1v) is 9.37. The highest BCUT2D eigenvalue weighted by Gasteiger charge is 2.16. The lowest BCUT2D eigenvalue weighted by Crippen LogP contribution is -2.15. The summed E-state index contributed by atoms with van der Waals surface area (Å²) in [5, 5.41) is 9.90. The predicted octanol–water partition coefficient (Wildman–Crippen LogP) is 3.94. The SMILES string of the molecule is O=C(CSc1n[nH]c(CCC2CCCC2)n1)Nc1ccc(F)cc1F. The highest BCUT2D eigenvalue weighted by atomic mass is 32.2. The second-order valence-electron chi connectivity index (χ2n) is 6.21. The molecule has 0 spiro atoms. The number of carbonyl (C=O) groups excluding carboxylic acids is 1. The predicted molar refractivity (Wildman–Crippen MR) is 92.4 cm³/mol. The summed E-state index contributed by atoms with van der Waals surface area (Å²) in [6.07, 6.45) is 7.23. The van der Waals surface area contributed by atoms with Crippen LogP contribution in [0.5, 0.6) is 0 Å². The Morgan fingerprint density at radius 3 is 2.88 bits per heavy atom. The Morgan fingerprint density at radius 1 is 1.32 bits per heavy atom. The largest absolute Gasteiger partial charge is 0.323 e. The standard InChI is InChI=1S/C17H20F2N4OS/c18-12-6-7-14(13(19)9-12)20-16(24)10-25-17-21-15(22-23-17)8-5-11-3-1-2-4-11/h6-7,9,11H,1-5,8,10H2,(H,20,24)(H,21,22,23). The number of amides is 1. The molecule has 1 aromatic heterocycles. The average Bonchev–Trinajstić information content (AvgIpc) is 3.25. The normalized spacial score (nSPS) is 14.8. The molecule has 2 N–H and O–H groups in total. The van der Waals surface area contributed by atoms with Crippen LogP contribution in [0.4, 0.5) is 14.5 Å². The molecule has 1 heterocycles. The molecule has 0 atom stereocenters. The Labute approximate surface area is 149 Å². The molecular formula is C17H20F2N4OS. The molecule has 2 aromatic rings. The fourth-order valence-electron chi connectivity index (χ4n) is 3.00. The molecular weight excluding hydrogens is 346 g/mol. The minimum absolute atomic E-state index is 0.0424. The van der Waals surface area contributed by atoms with Gasteiger partial charge in [0.1, 0.15) is 17.5 Å². The third kappa shape index (κ3) is 5.26. The van der Waals surface area contributed by atoms with Crippen LogP contribution in [0.2, 0.25) is 0 Å². The second kappa shape index (κ2) is 8.42. The highest BCUT2D eigenvalue weighted by molar-refractivity contribution is 7.99. The van der Waals surface area contributed by atoms with Crippen molar-refractivity contribution in [2.75, 3.05) is 11.1 Å². The fourth-order valence-corrected chi connectivity index (χ4v) is 3.62. The quantitative estimate of drug-likeness (QED) is 0.728. The summed E-state index contributed by atoms with van der Waals surface area (Å²) in [4.78, 5) is 16.2. The molecule has 1 saturated carbocycles. The number of nitrogens with zero attached hydrogens (tertiary/aromatic N) is 2. The third-order valence-corrected chi connectivity index (χ3v) is 5.16. The highest BCUT2D eigenvalue weighted by Crippen LogP contribution is 2.28. The maximum Gasteiger partial charge on any atom is 0.234 e. The number of rotatable bonds is 7. The van der Waals surface area contributed by atoms with Gasteiger partial charge in [0.25, 0.3) is 0 Å². The van der Waals surface area contributed by atoms with Crippen LogP contribution in [0, 0.1) is 17.6 Å². The number of aryl methyl sites for hydroxylation is 1. The summed E-state index contributed by atoms with van der Waals surface area (Å²) in [5.41, 5.74) is -0.0424. The number of aromatic amines is 1. The Morgan fingerprint density at radius 2 is 2.12 bits per heavy atom. The molecule has 1 fully saturated rings. The number of H-pyrrole nitrogens is 1. The van der Waals surface area contributed by atoms with Gasteiger partial charge in [-0.05, 0) is 24.5 Å². The van der Waals surface area contributed by atoms with Crippen LogP contribution in [-0.2, 0) is 11.2 Å². The monoisotopic (exact) mass is 366 g/mol. The summed E-state index contributed by atoms with van der Waals surface area (Å²) in [7, 11) is 0. The zero-order chi connectivity index (χ0) is 17.6. The van der Waals surface area contributed by atoms with Gasteiger partial charge in [0.2, 0.25) is 11.1 Å². The summed E-state index contributed by atoms with van der Waals surface area (Å²) in [6.45, 7) is 0. The van der Waals surface area contributed by atoms with Gasteiger partial charge in [-0.2, -0.15) is 0 Å². The molecule has 3 rings (SSSR count). The molecule has 1 aliphatic rings. The number of anilines is 1. The Kier molecular flexibility index (Phi) is 6.01. The van der Waals surface area contributed by atoms with Crippen molar-refractivity contribution in [3.63, 3.8) is 0 Å². The van der Waals surface area contributed by atoms with E-state index in [1.807, 2.05) is 0 Å². The molecule has 0 saturated heterocycles. The van der Waals surface area contributed by atoms with E-state index in [1.54, 1.807) is 0 Å². The van der Waals surface area contributed by atoms with Crippen LogP contribution in [-0.4, -0.2) is 26.8 Å². The minimum atomic E-state index is -0.801. The number of halogens is 2. The summed E-state index contributed by atoms with van der Waals surface area (Å²) in [6, 6.07) is 3.02. The van der Waals surface area contributed by atoms with Gasteiger partial charge in [0.15, 0.2) is 0 Å². The van der Waals surface area contributed by atoms with Crippen LogP contribution in [0.25, 0.3) is 0 Å². The molecule has 1 aromatic carbocycles. The zero-order valence-electron chi connectivity index (χ0n) is 13.7. The van der Waals surface area contributed by atoms with Crippen molar-refractivity contribution in [2.45, 2.75) is 43.7 Å². The van der Waals surface area contributed by atoms with Crippen molar-refractivity contribution in [3.8, 4) is 0 Å². The van der Waals surface area contributed by atoms with E-state index < -0.39 is 17.5 Å². The third-order valence-electron chi connectivity index (χ3n) is 4.31. The molecule has 5 nitrogen and oxygen atoms in total. The van der Waals surface area contributed by atoms with E-state index >= 15 is 0 Å². The summed E-state index contributed by atoms with van der Waals surface area (Å²) in [5.74, 6) is -0.206. The van der Waals surface area contributed by atoms with E-state index in [-0.39, 0.29) is 11.4 Å². The van der Waals surface area contributed by atoms with Gasteiger partial charge < -0.3 is 5.32 Å². The van der Waals surface area contributed by atoms with Gasteiger partial charge in [0, 0.05) is 12.5 Å². The van der Waals surface area contributed by atoms with Crippen molar-refractivity contribution < 1.29 is 13.6 Å². The maximum atomic E-state index is 13.5. The molecule has 1 aliphatic carbocycles. The Hall–Kier alpha value is -1.96. The fraction of sp³-hybridized carbons (Fsp3) is 0.471. The second-order valence-corrected chi connectivity index (χ2v) is 7.16. The first-order chi connectivity index (χ1) is 12.1. The number of hydrogen-bond donors (Lipinski definition) is 2. The molecule has 0 unspecified atom stereocenters. The molecule has 25 heavy (non-hydrogen) atoms. The number of thioether (sulfide) groups is 1. The van der Waals surface area contributed by atoms with Crippen LogP contribution in [0.3, 0.4) is 0 Å². The van der Waals surface area contributed by atoms with Gasteiger partial charge in [-0.15, -0.1) is 5.10 Å². The summed E-state index contributed by atoms with van der Waals surface area (Å²) < 4.78 is 26.3. The number of hydrogen-bond acceptors (Lipinski definition) is 4. The Bertz CT molecular complexity index is 731. The number of nitrogens with one attached hydrogen (secondary N) is 2. The van der Waals surface area contributed by atoms with Crippen molar-refractivity contribution in [2.24, 2.45) is 5.92 Å². The maximum absolute atomic E-state index is 13.5. The topological polar surface area (TPSA) is 70.7 Å². The lowest BCUT2D eigenvalue weighted by molar-refractivity contribution is -0.113. The molecule has 0 radical (unpaired) electrons. The molecule has 134 valence electrons. The smallest absolute Gasteiger partial charge is 0.234 e. The van der Waals surface area contributed by atoms with E-state index in [0.29, 0.717) is 5.16 Å². The van der Waals surface area contributed by atoms with Crippen molar-refractivity contribution >= 4 is 23.4 Å². The molecule has 1 amide bonds. The first kappa shape index (κ1) is 17.8. The van der Waals surface area contributed by atoms with Gasteiger partial charge in [0.05, 0.1) is 11.4 Å². The van der Waals surface area contributed by atoms with Crippen molar-refractivity contribution in [1.29, 1.82) is 0 Å². The number of benzene rings is 1. The zero-order valence-corrected chi connectivity index (χ0v) is 14.5. The van der Waals surface area contributed by atoms with E-state index in [9.17, 15) is 13.6 Å². The number of carbonyl (C=O) groups is 1. The Balaban J connectivity index is 1.44. The van der Waals surface area contributed by atoms with Gasteiger partial charge in [-0.1, -0.05) is 37.4 Å². The minimum Gasteiger partial charge on any atom is -0.323 e. The van der Waals surface area contributed by atoms with Crippen molar-refractivity contribution in [3.05, 3.63) is 35.7 Å². The van der Waals surface area contributed by atoms with E-state index in [2.05, 4.69) is 20.5 Å². The van der Waals surface area contributed by atoms with Crippen LogP contribution in [0.15, 0.2) is 23.4 Å². The molecule has 0 bridgehead atoms. The molecule has 8 heteroatoms. The van der Waals surface area contributed by atoms with Crippen LogP contribution < -0.4 is 5.32 Å². The summed E-state index contributed by atoms with van der Waals surface area (Å²) >= 11 is 1.17. The van der Waals surface area contributed by atoms with Crippen LogP contribution in [0.1, 0.15) is 37.9 Å². The first-order valence-electron chi connectivity index (χ1n) is 8.39. The van der Waals surface area contributed by atoms with E-state index in [0.717, 1.165) is 36.7 Å².